The van der Waals surface area contributed by atoms with E-state index in [2.05, 4.69) is 0 Å². The zero-order valence-electron chi connectivity index (χ0n) is 8.73. The molecule has 0 aromatic heterocycles. The van der Waals surface area contributed by atoms with Gasteiger partial charge in [-0.1, -0.05) is 0 Å². The molecule has 0 aromatic rings. The van der Waals surface area contributed by atoms with Crippen molar-refractivity contribution in [3.8, 4) is 0 Å². The van der Waals surface area contributed by atoms with Gasteiger partial charge in [0.05, 0.1) is 43.9 Å². The van der Waals surface area contributed by atoms with Gasteiger partial charge in [-0.15, -0.1) is 0 Å². The number of carbonyl (C=O) groups is 1. The van der Waals surface area contributed by atoms with E-state index < -0.39 is 43.5 Å². The first-order valence-corrected chi connectivity index (χ1v) is 5.08. The van der Waals surface area contributed by atoms with E-state index >= 15 is 0 Å². The highest BCUT2D eigenvalue weighted by Crippen LogP contribution is 2.25. The minimum absolute atomic E-state index is 0.0694. The van der Waals surface area contributed by atoms with Crippen molar-refractivity contribution in [1.82, 2.24) is 4.90 Å². The third kappa shape index (κ3) is 2.50. The first-order chi connectivity index (χ1) is 7.52. The summed E-state index contributed by atoms with van der Waals surface area (Å²) in [4.78, 5) is 11.9. The largest absolute Gasteiger partial charge is 0.481 e. The van der Waals surface area contributed by atoms with Gasteiger partial charge in [-0.25, -0.2) is 0 Å². The number of carboxylic acid groups (broad SMARTS) is 1. The van der Waals surface area contributed by atoms with Crippen molar-refractivity contribution in [3.05, 3.63) is 0 Å². The molecule has 7 heteroatoms. The number of carboxylic acids is 1. The summed E-state index contributed by atoms with van der Waals surface area (Å²) in [6.45, 7) is -0.720. The maximum absolute atomic E-state index is 10.4. The molecule has 1 rings (SSSR count). The lowest BCUT2D eigenvalue weighted by Gasteiger charge is -2.27. The normalized spacial score (nSPS) is 35.5. The number of hydrogen-bond acceptors (Lipinski definition) is 6. The zero-order chi connectivity index (χ0) is 12.3. The molecule has 0 aromatic carbocycles. The van der Waals surface area contributed by atoms with E-state index in [0.29, 0.717) is 0 Å². The lowest BCUT2D eigenvalue weighted by atomic mass is 10.1. The van der Waals surface area contributed by atoms with Gasteiger partial charge >= 0.3 is 5.97 Å². The maximum atomic E-state index is 10.4. The van der Waals surface area contributed by atoms with Gasteiger partial charge < -0.3 is 25.5 Å². The van der Waals surface area contributed by atoms with Gasteiger partial charge in [0, 0.05) is 6.54 Å². The van der Waals surface area contributed by atoms with Crippen molar-refractivity contribution in [2.45, 2.75) is 30.7 Å². The second-order valence-electron chi connectivity index (χ2n) is 3.86. The Balaban J connectivity index is 2.71. The third-order valence-electron chi connectivity index (χ3n) is 2.95. The fourth-order valence-electron chi connectivity index (χ4n) is 2.08. The Morgan fingerprint density at radius 3 is 1.81 bits per heavy atom. The molecule has 0 unspecified atom stereocenters. The van der Waals surface area contributed by atoms with Crippen LogP contribution in [0.3, 0.4) is 0 Å². The monoisotopic (exact) mass is 235 g/mol. The fourth-order valence-corrected chi connectivity index (χ4v) is 2.08. The van der Waals surface area contributed by atoms with E-state index in [1.165, 1.54) is 4.90 Å². The summed E-state index contributed by atoms with van der Waals surface area (Å²) >= 11 is 0. The number of hydrogen-bond donors (Lipinski definition) is 5. The summed E-state index contributed by atoms with van der Waals surface area (Å²) in [5, 5.41) is 45.8. The number of aliphatic hydroxyl groups excluding tert-OH is 4. The fraction of sp³-hybridized carbons (Fsp3) is 0.889. The van der Waals surface area contributed by atoms with E-state index in [0.717, 1.165) is 0 Å². The molecule has 1 saturated heterocycles. The molecule has 5 N–H and O–H groups in total. The van der Waals surface area contributed by atoms with Crippen LogP contribution >= 0.6 is 0 Å². The molecule has 16 heavy (non-hydrogen) atoms. The molecule has 0 aliphatic carbocycles. The van der Waals surface area contributed by atoms with Crippen molar-refractivity contribution in [3.63, 3.8) is 0 Å². The van der Waals surface area contributed by atoms with Crippen LogP contribution < -0.4 is 0 Å². The highest BCUT2D eigenvalue weighted by molar-refractivity contribution is 5.66. The molecule has 0 amide bonds. The molecule has 1 aliphatic rings. The first-order valence-electron chi connectivity index (χ1n) is 5.08. The smallest absolute Gasteiger partial charge is 0.304 e. The van der Waals surface area contributed by atoms with Crippen LogP contribution in [0.25, 0.3) is 0 Å². The van der Waals surface area contributed by atoms with Crippen molar-refractivity contribution in [2.24, 2.45) is 0 Å². The molecule has 0 spiro atoms. The van der Waals surface area contributed by atoms with Crippen molar-refractivity contribution >= 4 is 5.97 Å². The number of aliphatic hydroxyl groups is 4. The number of nitrogens with zero attached hydrogens (tertiary/aromatic N) is 1. The Morgan fingerprint density at radius 2 is 1.50 bits per heavy atom. The predicted molar refractivity (Wildman–Crippen MR) is 52.7 cm³/mol. The second kappa shape index (κ2) is 5.55. The second-order valence-corrected chi connectivity index (χ2v) is 3.86. The Morgan fingerprint density at radius 1 is 1.06 bits per heavy atom. The van der Waals surface area contributed by atoms with Crippen molar-refractivity contribution in [2.75, 3.05) is 19.8 Å². The maximum Gasteiger partial charge on any atom is 0.304 e. The van der Waals surface area contributed by atoms with Crippen LogP contribution in [-0.4, -0.2) is 80.5 Å². The lowest BCUT2D eigenvalue weighted by molar-refractivity contribution is -0.137. The summed E-state index contributed by atoms with van der Waals surface area (Å²) in [7, 11) is 0. The molecular weight excluding hydrogens is 218 g/mol. The molecule has 4 atom stereocenters. The van der Waals surface area contributed by atoms with Gasteiger partial charge in [-0.05, 0) is 0 Å². The lowest BCUT2D eigenvalue weighted by Crippen LogP contribution is -2.44. The van der Waals surface area contributed by atoms with Gasteiger partial charge in [0.25, 0.3) is 0 Å². The molecule has 1 aliphatic heterocycles. The highest BCUT2D eigenvalue weighted by Gasteiger charge is 2.46. The third-order valence-corrected chi connectivity index (χ3v) is 2.95. The Bertz CT molecular complexity index is 232. The molecule has 0 radical (unpaired) electrons. The molecule has 94 valence electrons. The van der Waals surface area contributed by atoms with Gasteiger partial charge in [0.1, 0.15) is 0 Å². The SMILES string of the molecule is O=C(O)CCN1[C@H](CO)[C@@H](O)[C@H](O)[C@H]1CO. The van der Waals surface area contributed by atoms with Gasteiger partial charge in [-0.2, -0.15) is 0 Å². The molecule has 1 heterocycles. The van der Waals surface area contributed by atoms with E-state index in [4.69, 9.17) is 15.3 Å². The van der Waals surface area contributed by atoms with Crippen LogP contribution in [0.5, 0.6) is 0 Å². The van der Waals surface area contributed by atoms with Crippen molar-refractivity contribution < 1.29 is 30.3 Å². The zero-order valence-corrected chi connectivity index (χ0v) is 8.73. The number of aliphatic carboxylic acids is 1. The van der Waals surface area contributed by atoms with E-state index in [1.54, 1.807) is 0 Å². The average molecular weight is 235 g/mol. The van der Waals surface area contributed by atoms with E-state index in [-0.39, 0.29) is 13.0 Å². The van der Waals surface area contributed by atoms with Gasteiger partial charge in [0.15, 0.2) is 0 Å². The Hall–Kier alpha value is -0.730. The van der Waals surface area contributed by atoms with Crippen molar-refractivity contribution in [1.29, 1.82) is 0 Å². The van der Waals surface area contributed by atoms with Crippen LogP contribution in [0.4, 0.5) is 0 Å². The standard InChI is InChI=1S/C9H17NO6/c11-3-5-8(15)9(16)6(4-12)10(5)2-1-7(13)14/h5-6,8-9,11-12,15-16H,1-4H2,(H,13,14)/t5-,6-,8-,9-/m1/s1. The van der Waals surface area contributed by atoms with Crippen LogP contribution in [0.15, 0.2) is 0 Å². The molecule has 0 bridgehead atoms. The summed E-state index contributed by atoms with van der Waals surface area (Å²) in [5.74, 6) is -1.01. The molecule has 1 fully saturated rings. The van der Waals surface area contributed by atoms with Crippen LogP contribution in [-0.2, 0) is 4.79 Å². The molecule has 0 saturated carbocycles. The van der Waals surface area contributed by atoms with Crippen LogP contribution in [0.1, 0.15) is 6.42 Å². The first kappa shape index (κ1) is 13.3. The Kier molecular flexibility index (Phi) is 4.63. The summed E-state index contributed by atoms with van der Waals surface area (Å²) in [5.41, 5.74) is 0. The van der Waals surface area contributed by atoms with Gasteiger partial charge in [0.2, 0.25) is 0 Å². The van der Waals surface area contributed by atoms with E-state index in [9.17, 15) is 15.0 Å². The van der Waals surface area contributed by atoms with Gasteiger partial charge in [-0.3, -0.25) is 9.69 Å². The summed E-state index contributed by atoms with van der Waals surface area (Å²) in [6, 6.07) is -1.46. The highest BCUT2D eigenvalue weighted by atomic mass is 16.4. The topological polar surface area (TPSA) is 121 Å². The molecular formula is C9H17NO6. The quantitative estimate of drug-likeness (QED) is 0.349. The minimum Gasteiger partial charge on any atom is -0.481 e. The Labute approximate surface area is 92.5 Å². The average Bonchev–Trinajstić information content (AvgIpc) is 2.48. The minimum atomic E-state index is -1.17. The molecule has 7 nitrogen and oxygen atoms in total. The van der Waals surface area contributed by atoms with E-state index in [1.807, 2.05) is 0 Å². The van der Waals surface area contributed by atoms with Crippen LogP contribution in [0.2, 0.25) is 0 Å². The predicted octanol–water partition coefficient (Wildman–Crippen LogP) is -2.78. The summed E-state index contributed by atoms with van der Waals surface area (Å²) < 4.78 is 0. The summed E-state index contributed by atoms with van der Waals surface area (Å²) in [6.07, 6.45) is -2.52. The number of likely N-dealkylation sites (tertiary alicyclic amines) is 1. The number of rotatable bonds is 5. The van der Waals surface area contributed by atoms with Crippen LogP contribution in [0, 0.1) is 0 Å².